The fourth-order valence-corrected chi connectivity index (χ4v) is 1.08. The molecule has 0 bridgehead atoms. The molecule has 0 aromatic heterocycles. The summed E-state index contributed by atoms with van der Waals surface area (Å²) in [7, 11) is 0. The van der Waals surface area contributed by atoms with Crippen LogP contribution >= 0.6 is 0 Å². The molecule has 0 rings (SSSR count). The van der Waals surface area contributed by atoms with Crippen LogP contribution in [0.15, 0.2) is 0 Å². The van der Waals surface area contributed by atoms with E-state index in [-0.39, 0.29) is 13.2 Å². The fraction of sp³-hybridized carbons (Fsp3) is 1.00. The molecule has 92 valence electrons. The van der Waals surface area contributed by atoms with Crippen molar-refractivity contribution in [3.05, 3.63) is 0 Å². The molecule has 0 aliphatic carbocycles. The summed E-state index contributed by atoms with van der Waals surface area (Å²) >= 11 is 0. The average Bonchev–Trinajstić information content (AvgIpc) is 2.23. The van der Waals surface area contributed by atoms with Crippen LogP contribution in [-0.4, -0.2) is 61.8 Å². The highest BCUT2D eigenvalue weighted by molar-refractivity contribution is 4.60. The Bertz CT molecular complexity index is 122. The lowest BCUT2D eigenvalue weighted by Crippen LogP contribution is -2.34. The van der Waals surface area contributed by atoms with E-state index in [0.717, 1.165) is 13.1 Å². The third kappa shape index (κ3) is 10.1. The van der Waals surface area contributed by atoms with Gasteiger partial charge in [-0.1, -0.05) is 13.8 Å². The number of hydrogen-bond acceptors (Lipinski definition) is 5. The Morgan fingerprint density at radius 2 is 1.33 bits per heavy atom. The Kier molecular flexibility index (Phi) is 10.2. The zero-order valence-electron chi connectivity index (χ0n) is 9.70. The molecule has 0 spiro atoms. The van der Waals surface area contributed by atoms with Gasteiger partial charge in [0, 0.05) is 13.1 Å². The maximum Gasteiger partial charge on any atom is 0.0897 e. The van der Waals surface area contributed by atoms with E-state index in [2.05, 4.69) is 10.6 Å². The van der Waals surface area contributed by atoms with Crippen LogP contribution in [0, 0.1) is 0 Å². The maximum atomic E-state index is 9.38. The van der Waals surface area contributed by atoms with Crippen molar-refractivity contribution in [2.45, 2.75) is 26.1 Å². The molecule has 5 nitrogen and oxygen atoms in total. The number of rotatable bonds is 10. The van der Waals surface area contributed by atoms with E-state index in [1.165, 1.54) is 0 Å². The second-order valence-electron chi connectivity index (χ2n) is 3.46. The van der Waals surface area contributed by atoms with Crippen LogP contribution < -0.4 is 10.6 Å². The Labute approximate surface area is 91.8 Å². The Balaban J connectivity index is 3.27. The van der Waals surface area contributed by atoms with E-state index in [0.29, 0.717) is 13.1 Å². The number of hydrogen-bond donors (Lipinski definition) is 4. The highest BCUT2D eigenvalue weighted by Gasteiger charge is 2.06. The second kappa shape index (κ2) is 10.3. The molecule has 0 fully saturated rings. The van der Waals surface area contributed by atoms with Crippen LogP contribution in [0.3, 0.4) is 0 Å². The minimum Gasteiger partial charge on any atom is -0.389 e. The molecular formula is C10H24N2O3. The molecule has 4 N–H and O–H groups in total. The van der Waals surface area contributed by atoms with Crippen molar-refractivity contribution in [1.82, 2.24) is 10.6 Å². The van der Waals surface area contributed by atoms with Crippen LogP contribution in [0.25, 0.3) is 0 Å². The maximum absolute atomic E-state index is 9.38. The smallest absolute Gasteiger partial charge is 0.0897 e. The number of ether oxygens (including phenoxy) is 1. The van der Waals surface area contributed by atoms with Crippen LogP contribution in [0.1, 0.15) is 13.8 Å². The fourth-order valence-electron chi connectivity index (χ4n) is 1.08. The van der Waals surface area contributed by atoms with Crippen molar-refractivity contribution in [1.29, 1.82) is 0 Å². The minimum absolute atomic E-state index is 0.260. The van der Waals surface area contributed by atoms with Gasteiger partial charge >= 0.3 is 0 Å². The molecule has 0 aromatic rings. The van der Waals surface area contributed by atoms with Gasteiger partial charge in [0.15, 0.2) is 0 Å². The van der Waals surface area contributed by atoms with Crippen molar-refractivity contribution in [2.75, 3.05) is 39.4 Å². The third-order valence-corrected chi connectivity index (χ3v) is 1.88. The summed E-state index contributed by atoms with van der Waals surface area (Å²) in [4.78, 5) is 0. The standard InChI is InChI=1S/C10H24N2O3/c1-3-11-5-9(13)7-15-8-10(14)6-12-4-2/h9-14H,3-8H2,1-2H3/t9-,10-/m0/s1. The van der Waals surface area contributed by atoms with Crippen LogP contribution in [0.4, 0.5) is 0 Å². The molecular weight excluding hydrogens is 196 g/mol. The Morgan fingerprint density at radius 3 is 1.67 bits per heavy atom. The summed E-state index contributed by atoms with van der Waals surface area (Å²) in [5.41, 5.74) is 0. The van der Waals surface area contributed by atoms with E-state index in [4.69, 9.17) is 4.74 Å². The molecule has 2 atom stereocenters. The van der Waals surface area contributed by atoms with Crippen molar-refractivity contribution < 1.29 is 14.9 Å². The van der Waals surface area contributed by atoms with E-state index in [1.807, 2.05) is 13.8 Å². The van der Waals surface area contributed by atoms with Gasteiger partial charge in [0.1, 0.15) is 0 Å². The van der Waals surface area contributed by atoms with Crippen LogP contribution in [0.5, 0.6) is 0 Å². The molecule has 0 amide bonds. The zero-order valence-corrected chi connectivity index (χ0v) is 9.70. The molecule has 5 heteroatoms. The summed E-state index contributed by atoms with van der Waals surface area (Å²) in [5, 5.41) is 24.8. The van der Waals surface area contributed by atoms with Gasteiger partial charge in [-0.2, -0.15) is 0 Å². The zero-order chi connectivity index (χ0) is 11.5. The number of aliphatic hydroxyl groups excluding tert-OH is 2. The minimum atomic E-state index is -0.503. The van der Waals surface area contributed by atoms with Crippen LogP contribution in [-0.2, 0) is 4.74 Å². The average molecular weight is 220 g/mol. The Morgan fingerprint density at radius 1 is 0.933 bits per heavy atom. The monoisotopic (exact) mass is 220 g/mol. The number of nitrogens with one attached hydrogen (secondary N) is 2. The lowest BCUT2D eigenvalue weighted by atomic mass is 10.3. The quantitative estimate of drug-likeness (QED) is 0.378. The van der Waals surface area contributed by atoms with Gasteiger partial charge in [0.05, 0.1) is 25.4 Å². The molecule has 0 aromatic carbocycles. The first-order chi connectivity index (χ1) is 7.20. The van der Waals surface area contributed by atoms with E-state index in [1.54, 1.807) is 0 Å². The summed E-state index contributed by atoms with van der Waals surface area (Å²) in [6.07, 6.45) is -1.01. The molecule has 0 saturated heterocycles. The lowest BCUT2D eigenvalue weighted by Gasteiger charge is -2.14. The van der Waals surface area contributed by atoms with Gasteiger partial charge < -0.3 is 25.6 Å². The van der Waals surface area contributed by atoms with Gasteiger partial charge in [0.2, 0.25) is 0 Å². The van der Waals surface area contributed by atoms with Gasteiger partial charge in [-0.3, -0.25) is 0 Å². The van der Waals surface area contributed by atoms with E-state index >= 15 is 0 Å². The van der Waals surface area contributed by atoms with Gasteiger partial charge in [-0.15, -0.1) is 0 Å². The summed E-state index contributed by atoms with van der Waals surface area (Å²) < 4.78 is 5.17. The van der Waals surface area contributed by atoms with Gasteiger partial charge in [0.25, 0.3) is 0 Å². The first-order valence-electron chi connectivity index (χ1n) is 5.56. The molecule has 15 heavy (non-hydrogen) atoms. The highest BCUT2D eigenvalue weighted by Crippen LogP contribution is 1.88. The van der Waals surface area contributed by atoms with Crippen molar-refractivity contribution >= 4 is 0 Å². The SMILES string of the molecule is CCNC[C@H](O)COC[C@@H](O)CNCC. The predicted octanol–water partition coefficient (Wildman–Crippen LogP) is -1.06. The molecule has 0 aliphatic heterocycles. The number of aliphatic hydroxyl groups is 2. The van der Waals surface area contributed by atoms with Crippen molar-refractivity contribution in [3.8, 4) is 0 Å². The number of likely N-dealkylation sites (N-methyl/N-ethyl adjacent to an activating group) is 2. The summed E-state index contributed by atoms with van der Waals surface area (Å²) in [6.45, 7) is 7.20. The molecule has 0 saturated carbocycles. The van der Waals surface area contributed by atoms with Crippen molar-refractivity contribution in [3.63, 3.8) is 0 Å². The molecule has 0 unspecified atom stereocenters. The normalized spacial score (nSPS) is 15.2. The van der Waals surface area contributed by atoms with Gasteiger partial charge in [-0.05, 0) is 13.1 Å². The summed E-state index contributed by atoms with van der Waals surface area (Å²) in [6, 6.07) is 0. The topological polar surface area (TPSA) is 73.8 Å². The lowest BCUT2D eigenvalue weighted by molar-refractivity contribution is -0.00603. The summed E-state index contributed by atoms with van der Waals surface area (Å²) in [5.74, 6) is 0. The largest absolute Gasteiger partial charge is 0.389 e. The molecule has 0 heterocycles. The predicted molar refractivity (Wildman–Crippen MR) is 59.9 cm³/mol. The first-order valence-corrected chi connectivity index (χ1v) is 5.56. The first kappa shape index (κ1) is 14.8. The Hall–Kier alpha value is -0.200. The molecule has 0 aliphatic rings. The second-order valence-corrected chi connectivity index (χ2v) is 3.46. The van der Waals surface area contributed by atoms with E-state index in [9.17, 15) is 10.2 Å². The van der Waals surface area contributed by atoms with Crippen LogP contribution in [0.2, 0.25) is 0 Å². The van der Waals surface area contributed by atoms with Crippen molar-refractivity contribution in [2.24, 2.45) is 0 Å². The van der Waals surface area contributed by atoms with E-state index < -0.39 is 12.2 Å². The third-order valence-electron chi connectivity index (χ3n) is 1.88. The highest BCUT2D eigenvalue weighted by atomic mass is 16.5. The van der Waals surface area contributed by atoms with Gasteiger partial charge in [-0.25, -0.2) is 0 Å². The molecule has 0 radical (unpaired) electrons.